The molecule has 0 radical (unpaired) electrons. The number of nitrogens with zero attached hydrogens (tertiary/aromatic N) is 2. The van der Waals surface area contributed by atoms with Gasteiger partial charge in [0.05, 0.1) is 23.6 Å². The number of carboxylic acid groups (broad SMARTS) is 1. The Hall–Kier alpha value is -1.83. The van der Waals surface area contributed by atoms with Gasteiger partial charge in [-0.2, -0.15) is 11.8 Å². The smallest absolute Gasteiger partial charge is 0.308 e. The number of benzene rings is 1. The van der Waals surface area contributed by atoms with Crippen LogP contribution in [0.15, 0.2) is 24.4 Å². The number of rotatable bonds is 10. The zero-order chi connectivity index (χ0) is 23.4. The van der Waals surface area contributed by atoms with E-state index in [1.165, 1.54) is 25.5 Å². The highest BCUT2D eigenvalue weighted by Crippen LogP contribution is 2.34. The molecule has 33 heavy (non-hydrogen) atoms. The third-order valence-electron chi connectivity index (χ3n) is 7.02. The number of hydrogen-bond acceptors (Lipinski definition) is 6. The number of pyridine rings is 1. The number of methoxy groups -OCH3 is 1. The first-order valence-corrected chi connectivity index (χ1v) is 13.1. The second kappa shape index (κ2) is 11.1. The number of thioether (sulfide) groups is 1. The molecule has 2 atom stereocenters. The normalized spacial score (nSPS) is 21.6. The minimum absolute atomic E-state index is 0.0107. The van der Waals surface area contributed by atoms with E-state index in [1.807, 2.05) is 11.8 Å². The van der Waals surface area contributed by atoms with Crippen molar-refractivity contribution in [3.05, 3.63) is 35.0 Å². The van der Waals surface area contributed by atoms with Gasteiger partial charge in [-0.15, -0.1) is 0 Å². The van der Waals surface area contributed by atoms with Crippen molar-refractivity contribution in [3.63, 3.8) is 0 Å². The van der Waals surface area contributed by atoms with Crippen molar-refractivity contribution < 1.29 is 19.4 Å². The van der Waals surface area contributed by atoms with Crippen molar-refractivity contribution in [1.29, 1.82) is 0 Å². The summed E-state index contributed by atoms with van der Waals surface area (Å²) >= 11 is 8.40. The first-order valence-electron chi connectivity index (χ1n) is 11.7. The van der Waals surface area contributed by atoms with Crippen LogP contribution in [-0.4, -0.2) is 64.5 Å². The van der Waals surface area contributed by atoms with Crippen LogP contribution in [-0.2, 0) is 4.79 Å². The summed E-state index contributed by atoms with van der Waals surface area (Å²) in [6, 6.07) is 5.38. The lowest BCUT2D eigenvalue weighted by molar-refractivity contribution is -0.146. The lowest BCUT2D eigenvalue weighted by atomic mass is 9.81. The van der Waals surface area contributed by atoms with Gasteiger partial charge in [-0.25, -0.2) is 0 Å². The maximum absolute atomic E-state index is 13.2. The number of ketones is 1. The predicted molar refractivity (Wildman–Crippen MR) is 133 cm³/mol. The fourth-order valence-electron chi connectivity index (χ4n) is 4.78. The maximum atomic E-state index is 13.2. The van der Waals surface area contributed by atoms with Crippen LogP contribution in [0.1, 0.15) is 48.9 Å². The summed E-state index contributed by atoms with van der Waals surface area (Å²) in [5.74, 6) is 0.407. The first kappa shape index (κ1) is 24.3. The number of likely N-dealkylation sites (tertiary alicyclic amines) is 1. The molecule has 1 aliphatic carbocycles. The predicted octanol–water partition coefficient (Wildman–Crippen LogP) is 5.17. The Labute approximate surface area is 204 Å². The Morgan fingerprint density at radius 2 is 2.12 bits per heavy atom. The van der Waals surface area contributed by atoms with Crippen LogP contribution in [0, 0.1) is 11.8 Å². The lowest BCUT2D eigenvalue weighted by Gasteiger charge is -2.37. The summed E-state index contributed by atoms with van der Waals surface area (Å²) in [5.41, 5.74) is 1.12. The fourth-order valence-corrected chi connectivity index (χ4v) is 6.40. The Morgan fingerprint density at radius 3 is 2.82 bits per heavy atom. The molecule has 2 unspecified atom stereocenters. The van der Waals surface area contributed by atoms with E-state index in [0.717, 1.165) is 30.5 Å². The van der Waals surface area contributed by atoms with E-state index in [4.69, 9.17) is 16.3 Å². The molecule has 2 aliphatic rings. The van der Waals surface area contributed by atoms with Gasteiger partial charge in [0.15, 0.2) is 5.78 Å². The Balaban J connectivity index is 1.38. The number of aromatic nitrogens is 1. The summed E-state index contributed by atoms with van der Waals surface area (Å²) in [5, 5.41) is 11.6. The van der Waals surface area contributed by atoms with Gasteiger partial charge < -0.3 is 14.7 Å². The minimum atomic E-state index is -0.763. The van der Waals surface area contributed by atoms with Gasteiger partial charge in [0, 0.05) is 47.7 Å². The van der Waals surface area contributed by atoms with Crippen LogP contribution in [0.3, 0.4) is 0 Å². The van der Waals surface area contributed by atoms with Gasteiger partial charge in [-0.05, 0) is 56.3 Å². The molecule has 0 amide bonds. The molecule has 2 fully saturated rings. The third kappa shape index (κ3) is 5.81. The molecule has 1 aliphatic heterocycles. The van der Waals surface area contributed by atoms with Gasteiger partial charge >= 0.3 is 5.97 Å². The van der Waals surface area contributed by atoms with Crippen LogP contribution < -0.4 is 4.74 Å². The molecule has 6 nitrogen and oxygen atoms in total. The number of piperidine rings is 1. The van der Waals surface area contributed by atoms with Gasteiger partial charge in [0.25, 0.3) is 0 Å². The second-order valence-electron chi connectivity index (χ2n) is 9.04. The number of carbonyl (C=O) groups excluding carboxylic acids is 1. The van der Waals surface area contributed by atoms with Gasteiger partial charge in [0.2, 0.25) is 0 Å². The summed E-state index contributed by atoms with van der Waals surface area (Å²) in [4.78, 5) is 31.8. The largest absolute Gasteiger partial charge is 0.497 e. The average molecular weight is 491 g/mol. The number of hydrogen-bond donors (Lipinski definition) is 1. The second-order valence-corrected chi connectivity index (χ2v) is 10.9. The molecule has 2 aromatic rings. The highest BCUT2D eigenvalue weighted by atomic mass is 35.5. The highest BCUT2D eigenvalue weighted by Gasteiger charge is 2.34. The Kier molecular flexibility index (Phi) is 8.15. The molecule has 1 saturated heterocycles. The molecule has 2 heterocycles. The highest BCUT2D eigenvalue weighted by molar-refractivity contribution is 7.99. The Bertz CT molecular complexity index is 1010. The van der Waals surface area contributed by atoms with Gasteiger partial charge in [-0.3, -0.25) is 14.6 Å². The quantitative estimate of drug-likeness (QED) is 0.460. The van der Waals surface area contributed by atoms with E-state index in [1.54, 1.807) is 25.3 Å². The monoisotopic (exact) mass is 490 g/mol. The van der Waals surface area contributed by atoms with Crippen LogP contribution in [0.2, 0.25) is 5.02 Å². The number of carbonyl (C=O) groups is 2. The molecule has 8 heteroatoms. The topological polar surface area (TPSA) is 79.7 Å². The maximum Gasteiger partial charge on any atom is 0.308 e. The van der Waals surface area contributed by atoms with E-state index in [2.05, 4.69) is 9.88 Å². The summed E-state index contributed by atoms with van der Waals surface area (Å²) in [6.45, 7) is 2.40. The van der Waals surface area contributed by atoms with Crippen LogP contribution in [0.25, 0.3) is 10.9 Å². The van der Waals surface area contributed by atoms with Gasteiger partial charge in [0.1, 0.15) is 5.75 Å². The third-order valence-corrected chi connectivity index (χ3v) is 8.67. The van der Waals surface area contributed by atoms with Crippen molar-refractivity contribution in [2.45, 2.75) is 43.8 Å². The SMILES string of the molecule is COc1ccc2ncc(Cl)c(C(=O)CCC3CCN(CCSC4CCC4)CC3C(=O)O)c2c1. The average Bonchev–Trinajstić information content (AvgIpc) is 2.78. The van der Waals surface area contributed by atoms with Crippen LogP contribution >= 0.6 is 23.4 Å². The van der Waals surface area contributed by atoms with Crippen molar-refractivity contribution in [1.82, 2.24) is 9.88 Å². The summed E-state index contributed by atoms with van der Waals surface area (Å²) in [6.07, 6.45) is 7.11. The number of fused-ring (bicyclic) bond motifs is 1. The van der Waals surface area contributed by atoms with Crippen LogP contribution in [0.5, 0.6) is 5.75 Å². The van der Waals surface area contributed by atoms with E-state index < -0.39 is 11.9 Å². The molecular weight excluding hydrogens is 460 g/mol. The lowest BCUT2D eigenvalue weighted by Crippen LogP contribution is -2.44. The molecule has 1 aromatic carbocycles. The number of Topliss-reactive ketones (excluding diaryl/α,β-unsaturated/α-hetero) is 1. The van der Waals surface area contributed by atoms with E-state index >= 15 is 0 Å². The van der Waals surface area contributed by atoms with Crippen molar-refractivity contribution in [3.8, 4) is 5.75 Å². The zero-order valence-corrected chi connectivity index (χ0v) is 20.5. The molecule has 0 spiro atoms. The first-order chi connectivity index (χ1) is 16.0. The van der Waals surface area contributed by atoms with E-state index in [-0.39, 0.29) is 18.1 Å². The standard InChI is InChI=1S/C25H31ClN2O4S/c1-32-17-6-7-22-19(13-17)24(21(26)14-27-22)23(29)8-5-16-9-10-28(15-20(16)25(30)31)11-12-33-18-3-2-4-18/h6-7,13-14,16,18,20H,2-5,8-12,15H2,1H3,(H,30,31). The molecule has 1 saturated carbocycles. The number of ether oxygens (including phenoxy) is 1. The molecule has 4 rings (SSSR count). The molecule has 178 valence electrons. The van der Waals surface area contributed by atoms with E-state index in [0.29, 0.717) is 40.2 Å². The number of aliphatic carboxylic acids is 1. The van der Waals surface area contributed by atoms with E-state index in [9.17, 15) is 14.7 Å². The Morgan fingerprint density at radius 1 is 1.30 bits per heavy atom. The minimum Gasteiger partial charge on any atom is -0.497 e. The molecular formula is C25H31ClN2O4S. The molecule has 0 bridgehead atoms. The van der Waals surface area contributed by atoms with Crippen LogP contribution in [0.4, 0.5) is 0 Å². The number of halogens is 1. The summed E-state index contributed by atoms with van der Waals surface area (Å²) < 4.78 is 5.30. The van der Waals surface area contributed by atoms with Crippen molar-refractivity contribution in [2.24, 2.45) is 11.8 Å². The molecule has 1 aromatic heterocycles. The van der Waals surface area contributed by atoms with Crippen molar-refractivity contribution in [2.75, 3.05) is 32.5 Å². The number of carboxylic acids is 1. The van der Waals surface area contributed by atoms with Gasteiger partial charge in [-0.1, -0.05) is 18.0 Å². The molecule has 1 N–H and O–H groups in total. The zero-order valence-electron chi connectivity index (χ0n) is 19.0. The van der Waals surface area contributed by atoms with Crippen molar-refractivity contribution >= 4 is 46.0 Å². The fraction of sp³-hybridized carbons (Fsp3) is 0.560. The summed E-state index contributed by atoms with van der Waals surface area (Å²) in [7, 11) is 1.57.